The maximum absolute atomic E-state index is 4.18. The number of para-hydroxylation sites is 1. The Morgan fingerprint density at radius 1 is 0.526 bits per heavy atom. The average molecular weight is 734 g/mol. The Morgan fingerprint density at radius 3 is 1.95 bits per heavy atom. The zero-order chi connectivity index (χ0) is 39.2. The van der Waals surface area contributed by atoms with Crippen molar-refractivity contribution < 1.29 is 0 Å². The van der Waals surface area contributed by atoms with Crippen LogP contribution in [0.4, 0.5) is 11.4 Å². The van der Waals surface area contributed by atoms with Crippen molar-refractivity contribution in [1.82, 2.24) is 0 Å². The minimum atomic E-state index is -0.629. The van der Waals surface area contributed by atoms with Crippen molar-refractivity contribution >= 4 is 16.9 Å². The van der Waals surface area contributed by atoms with Gasteiger partial charge in [-0.05, 0) is 124 Å². The van der Waals surface area contributed by atoms with E-state index in [1.54, 1.807) is 0 Å². The first-order chi connectivity index (χ1) is 27.7. The lowest BCUT2D eigenvalue weighted by Gasteiger charge is -2.41. The fraction of sp³-hybridized carbons (Fsp3) is 0.143. The molecule has 0 bridgehead atoms. The number of hydrogen-bond acceptors (Lipinski definition) is 1. The molecule has 0 aliphatic heterocycles. The molecule has 1 unspecified atom stereocenters. The molecule has 3 aliphatic carbocycles. The molecule has 0 saturated carbocycles. The third-order valence-corrected chi connectivity index (χ3v) is 13.0. The van der Waals surface area contributed by atoms with Crippen molar-refractivity contribution in [3.05, 3.63) is 232 Å². The molecule has 3 aliphatic rings. The van der Waals surface area contributed by atoms with Gasteiger partial charge in [0.2, 0.25) is 0 Å². The number of fused-ring (bicyclic) bond motifs is 10. The SMILES string of the molecule is C=C/C=C\C1=C(N(c2ccc3c(c2)C(C)(C)c2ccccc2-3)c2ccccc2-c2ccccc2)C2(c3ccccc31)c1cc(C)cc(C)c1-c1c(C)ccc(C)c12. The van der Waals surface area contributed by atoms with Crippen LogP contribution in [0.25, 0.3) is 39.0 Å². The molecule has 0 fully saturated rings. The van der Waals surface area contributed by atoms with Gasteiger partial charge in [0.15, 0.2) is 0 Å². The molecule has 10 rings (SSSR count). The van der Waals surface area contributed by atoms with Gasteiger partial charge in [0.1, 0.15) is 0 Å². The second-order valence-corrected chi connectivity index (χ2v) is 16.7. The fourth-order valence-electron chi connectivity index (χ4n) is 10.7. The summed E-state index contributed by atoms with van der Waals surface area (Å²) in [6.45, 7) is 18.1. The topological polar surface area (TPSA) is 3.24 Å². The number of allylic oxidation sites excluding steroid dienone is 5. The highest BCUT2D eigenvalue weighted by atomic mass is 15.2. The van der Waals surface area contributed by atoms with Gasteiger partial charge in [-0.15, -0.1) is 0 Å². The van der Waals surface area contributed by atoms with Crippen molar-refractivity contribution in [2.75, 3.05) is 4.90 Å². The van der Waals surface area contributed by atoms with E-state index in [0.29, 0.717) is 0 Å². The molecule has 7 aromatic carbocycles. The van der Waals surface area contributed by atoms with E-state index >= 15 is 0 Å². The predicted octanol–water partition coefficient (Wildman–Crippen LogP) is 14.5. The van der Waals surface area contributed by atoms with Crippen molar-refractivity contribution in [2.24, 2.45) is 0 Å². The van der Waals surface area contributed by atoms with E-state index in [-0.39, 0.29) is 5.41 Å². The second-order valence-electron chi connectivity index (χ2n) is 16.7. The summed E-state index contributed by atoms with van der Waals surface area (Å²) in [5.74, 6) is 0. The van der Waals surface area contributed by atoms with E-state index in [1.807, 2.05) is 6.08 Å². The number of anilines is 2. The Bertz CT molecular complexity index is 2880. The number of nitrogens with zero attached hydrogens (tertiary/aromatic N) is 1. The van der Waals surface area contributed by atoms with Gasteiger partial charge in [-0.3, -0.25) is 0 Å². The Labute approximate surface area is 338 Å². The third-order valence-electron chi connectivity index (χ3n) is 13.0. The lowest BCUT2D eigenvalue weighted by atomic mass is 9.69. The molecule has 1 heteroatoms. The Morgan fingerprint density at radius 2 is 1.18 bits per heavy atom. The number of aryl methyl sites for hydroxylation is 4. The van der Waals surface area contributed by atoms with Gasteiger partial charge < -0.3 is 4.90 Å². The van der Waals surface area contributed by atoms with E-state index in [9.17, 15) is 0 Å². The van der Waals surface area contributed by atoms with Crippen molar-refractivity contribution in [1.29, 1.82) is 0 Å². The first-order valence-corrected chi connectivity index (χ1v) is 20.2. The van der Waals surface area contributed by atoms with Crippen LogP contribution in [0.3, 0.4) is 0 Å². The highest BCUT2D eigenvalue weighted by molar-refractivity contribution is 6.03. The van der Waals surface area contributed by atoms with Crippen molar-refractivity contribution in [2.45, 2.75) is 52.4 Å². The molecule has 0 radical (unpaired) electrons. The van der Waals surface area contributed by atoms with Crippen LogP contribution >= 0.6 is 0 Å². The smallest absolute Gasteiger partial charge is 0.0884 e. The van der Waals surface area contributed by atoms with Crippen LogP contribution in [0.15, 0.2) is 176 Å². The van der Waals surface area contributed by atoms with Crippen molar-refractivity contribution in [3.8, 4) is 33.4 Å². The summed E-state index contributed by atoms with van der Waals surface area (Å²) in [6.07, 6.45) is 6.35. The molecule has 0 N–H and O–H groups in total. The summed E-state index contributed by atoms with van der Waals surface area (Å²) in [4.78, 5) is 2.64. The monoisotopic (exact) mass is 733 g/mol. The summed E-state index contributed by atoms with van der Waals surface area (Å²) in [5.41, 5.74) is 24.9. The lowest BCUT2D eigenvalue weighted by Crippen LogP contribution is -2.36. The zero-order valence-corrected chi connectivity index (χ0v) is 33.7. The predicted molar refractivity (Wildman–Crippen MR) is 241 cm³/mol. The first-order valence-electron chi connectivity index (χ1n) is 20.2. The Balaban J connectivity index is 1.40. The molecule has 0 saturated heterocycles. The van der Waals surface area contributed by atoms with E-state index in [0.717, 1.165) is 11.4 Å². The molecular formula is C56H47N. The van der Waals surface area contributed by atoms with Gasteiger partial charge >= 0.3 is 0 Å². The maximum atomic E-state index is 4.18. The average Bonchev–Trinajstić information content (AvgIpc) is 3.78. The van der Waals surface area contributed by atoms with Gasteiger partial charge in [0, 0.05) is 22.2 Å². The molecule has 1 atom stereocenters. The maximum Gasteiger partial charge on any atom is 0.0884 e. The highest BCUT2D eigenvalue weighted by Crippen LogP contribution is 2.66. The van der Waals surface area contributed by atoms with Gasteiger partial charge in [-0.2, -0.15) is 0 Å². The van der Waals surface area contributed by atoms with E-state index in [1.165, 1.54) is 100 Å². The van der Waals surface area contributed by atoms with Crippen LogP contribution in [0.2, 0.25) is 0 Å². The minimum Gasteiger partial charge on any atom is -0.311 e. The lowest BCUT2D eigenvalue weighted by molar-refractivity contribution is 0.660. The molecule has 276 valence electrons. The number of rotatable bonds is 6. The van der Waals surface area contributed by atoms with Crippen LogP contribution in [-0.4, -0.2) is 0 Å². The molecule has 0 aromatic heterocycles. The third kappa shape index (κ3) is 4.82. The van der Waals surface area contributed by atoms with Crippen LogP contribution in [-0.2, 0) is 10.8 Å². The second kappa shape index (κ2) is 12.8. The molecule has 7 aromatic rings. The summed E-state index contributed by atoms with van der Waals surface area (Å²) >= 11 is 0. The molecule has 57 heavy (non-hydrogen) atoms. The molecule has 1 nitrogen and oxygen atoms in total. The Hall–Kier alpha value is -6.44. The summed E-state index contributed by atoms with van der Waals surface area (Å²) in [6, 6.07) is 54.8. The van der Waals surface area contributed by atoms with Crippen LogP contribution < -0.4 is 4.90 Å². The minimum absolute atomic E-state index is 0.169. The molecular weight excluding hydrogens is 687 g/mol. The van der Waals surface area contributed by atoms with Crippen LogP contribution in [0.5, 0.6) is 0 Å². The highest BCUT2D eigenvalue weighted by Gasteiger charge is 2.56. The summed E-state index contributed by atoms with van der Waals surface area (Å²) < 4.78 is 0. The van der Waals surface area contributed by atoms with E-state index < -0.39 is 5.41 Å². The first kappa shape index (κ1) is 35.0. The summed E-state index contributed by atoms with van der Waals surface area (Å²) in [5, 5.41) is 0. The fourth-order valence-corrected chi connectivity index (χ4v) is 10.7. The van der Waals surface area contributed by atoms with Crippen LogP contribution in [0.1, 0.15) is 69.5 Å². The van der Waals surface area contributed by atoms with Crippen molar-refractivity contribution in [3.63, 3.8) is 0 Å². The quantitative estimate of drug-likeness (QED) is 0.154. The molecule has 0 heterocycles. The van der Waals surface area contributed by atoms with Crippen LogP contribution in [0, 0.1) is 27.7 Å². The molecule has 1 spiro atoms. The zero-order valence-electron chi connectivity index (χ0n) is 33.7. The van der Waals surface area contributed by atoms with Gasteiger partial charge in [0.25, 0.3) is 0 Å². The number of hydrogen-bond donors (Lipinski definition) is 0. The normalized spacial score (nSPS) is 16.7. The summed E-state index contributed by atoms with van der Waals surface area (Å²) in [7, 11) is 0. The van der Waals surface area contributed by atoms with Gasteiger partial charge in [-0.25, -0.2) is 0 Å². The number of benzene rings is 7. The van der Waals surface area contributed by atoms with E-state index in [4.69, 9.17) is 0 Å². The van der Waals surface area contributed by atoms with Gasteiger partial charge in [-0.1, -0.05) is 172 Å². The Kier molecular flexibility index (Phi) is 7.86. The largest absolute Gasteiger partial charge is 0.311 e. The standard InChI is InChI=1S/C56H47N/c1-8-9-21-45-43-24-14-17-26-47(43)56(49-33-35(2)32-38(5)51(49)52-36(3)28-29-37(4)53(52)56)54(45)57(50-27-18-15-22-41(50)39-19-11-10-12-20-39)40-30-31-44-42-23-13-16-25-46(42)55(6,7)48(44)34-40/h8-34H,1H2,2-7H3/b21-9-. The van der Waals surface area contributed by atoms with Gasteiger partial charge in [0.05, 0.1) is 16.8 Å². The molecule has 0 amide bonds. The van der Waals surface area contributed by atoms with E-state index in [2.05, 4.69) is 211 Å².